The Kier molecular flexibility index (Phi) is 3.57. The topological polar surface area (TPSA) is 70.0 Å². The third kappa shape index (κ3) is 4.04. The van der Waals surface area contributed by atoms with E-state index < -0.39 is 19.3 Å². The Hall–Kier alpha value is -2.33. The number of hydrogen-bond acceptors (Lipinski definition) is 4. The Morgan fingerprint density at radius 2 is 2.10 bits per heavy atom. The minimum absolute atomic E-state index is 0.143. The molecule has 1 fully saturated rings. The number of nitrogens with one attached hydrogen (secondary N) is 1. The van der Waals surface area contributed by atoms with Gasteiger partial charge in [0.15, 0.2) is 0 Å². The number of H-pyrrole nitrogens is 1. The van der Waals surface area contributed by atoms with Crippen molar-refractivity contribution >= 4 is 22.5 Å². The van der Waals surface area contributed by atoms with E-state index in [9.17, 15) is 5.11 Å². The van der Waals surface area contributed by atoms with Gasteiger partial charge in [-0.3, -0.25) is 5.10 Å². The average molecular weight is 418 g/mol. The number of likely N-dealkylation sites (tertiary alicyclic amines) is 1. The standard InChI is InChI=1S/C22H26ClN5O/c1-14-20-17(11-15(25-14)5-8-22(2,3)29)19(18-12-24-26-21(18)23)13-28(20)16-6-9-27(4)10-7-16/h11-13,16,29H,6-7,9-10H2,1-4H3,(H,24,26)/i2D3,3D3. The molecule has 0 aromatic carbocycles. The number of aryl methyl sites for hydroxylation is 1. The first-order chi connectivity index (χ1) is 16.2. The number of aromatic amines is 1. The molecule has 3 aromatic rings. The first-order valence-electron chi connectivity index (χ1n) is 12.4. The lowest BCUT2D eigenvalue weighted by Gasteiger charge is -2.30. The van der Waals surface area contributed by atoms with Gasteiger partial charge in [0, 0.05) is 37.0 Å². The minimum atomic E-state index is -3.24. The van der Waals surface area contributed by atoms with Crippen molar-refractivity contribution in [2.75, 3.05) is 20.1 Å². The zero-order valence-corrected chi connectivity index (χ0v) is 17.0. The number of rotatable bonds is 2. The minimum Gasteiger partial charge on any atom is -0.378 e. The summed E-state index contributed by atoms with van der Waals surface area (Å²) in [7, 11) is 2.10. The highest BCUT2D eigenvalue weighted by Crippen LogP contribution is 2.38. The number of aromatic nitrogens is 4. The summed E-state index contributed by atoms with van der Waals surface area (Å²) in [5.74, 6) is 4.60. The van der Waals surface area contributed by atoms with Crippen LogP contribution in [0.3, 0.4) is 0 Å². The summed E-state index contributed by atoms with van der Waals surface area (Å²) in [6.45, 7) is -2.73. The zero-order chi connectivity index (χ0) is 25.8. The summed E-state index contributed by atoms with van der Waals surface area (Å²) in [5.41, 5.74) is -0.0324. The second kappa shape index (κ2) is 7.49. The van der Waals surface area contributed by atoms with Crippen molar-refractivity contribution in [1.29, 1.82) is 0 Å². The summed E-state index contributed by atoms with van der Waals surface area (Å²) in [4.78, 5) is 6.80. The van der Waals surface area contributed by atoms with Gasteiger partial charge >= 0.3 is 0 Å². The van der Waals surface area contributed by atoms with Crippen LogP contribution < -0.4 is 0 Å². The molecule has 7 heteroatoms. The van der Waals surface area contributed by atoms with Crippen molar-refractivity contribution in [2.24, 2.45) is 0 Å². The number of nitrogens with zero attached hydrogens (tertiary/aromatic N) is 4. The first kappa shape index (κ1) is 13.8. The summed E-state index contributed by atoms with van der Waals surface area (Å²) >= 11 is 6.35. The second-order valence-corrected chi connectivity index (χ2v) is 7.91. The Bertz CT molecular complexity index is 1290. The van der Waals surface area contributed by atoms with Crippen LogP contribution in [-0.4, -0.2) is 55.5 Å². The van der Waals surface area contributed by atoms with Gasteiger partial charge in [-0.25, -0.2) is 4.98 Å². The summed E-state index contributed by atoms with van der Waals surface area (Å²) in [6, 6.07) is 1.92. The Morgan fingerprint density at radius 1 is 1.34 bits per heavy atom. The summed E-state index contributed by atoms with van der Waals surface area (Å²) < 4.78 is 47.4. The molecule has 3 aromatic heterocycles. The Balaban J connectivity index is 1.90. The predicted octanol–water partition coefficient (Wildman–Crippen LogP) is 3.78. The van der Waals surface area contributed by atoms with Crippen molar-refractivity contribution in [3.8, 4) is 23.0 Å². The third-order valence-electron chi connectivity index (χ3n) is 5.32. The highest BCUT2D eigenvalue weighted by Gasteiger charge is 2.24. The van der Waals surface area contributed by atoms with E-state index in [4.69, 9.17) is 19.8 Å². The highest BCUT2D eigenvalue weighted by molar-refractivity contribution is 6.32. The summed E-state index contributed by atoms with van der Waals surface area (Å²) in [6.07, 6.45) is 5.57. The zero-order valence-electron chi connectivity index (χ0n) is 22.3. The van der Waals surface area contributed by atoms with E-state index in [-0.39, 0.29) is 11.7 Å². The largest absolute Gasteiger partial charge is 0.378 e. The van der Waals surface area contributed by atoms with Gasteiger partial charge in [-0.15, -0.1) is 0 Å². The van der Waals surface area contributed by atoms with Gasteiger partial charge < -0.3 is 14.6 Å². The molecule has 0 unspecified atom stereocenters. The maximum Gasteiger partial charge on any atom is 0.132 e. The number of piperidine rings is 1. The van der Waals surface area contributed by atoms with Gasteiger partial charge in [0.2, 0.25) is 0 Å². The van der Waals surface area contributed by atoms with Crippen molar-refractivity contribution in [1.82, 2.24) is 24.6 Å². The van der Waals surface area contributed by atoms with Gasteiger partial charge in [-0.1, -0.05) is 17.5 Å². The van der Waals surface area contributed by atoms with Crippen LogP contribution in [-0.2, 0) is 0 Å². The van der Waals surface area contributed by atoms with Gasteiger partial charge in [0.05, 0.1) is 17.4 Å². The van der Waals surface area contributed by atoms with E-state index in [0.29, 0.717) is 16.4 Å². The highest BCUT2D eigenvalue weighted by atomic mass is 35.5. The lowest BCUT2D eigenvalue weighted by atomic mass is 10.0. The smallest absolute Gasteiger partial charge is 0.132 e. The maximum absolute atomic E-state index is 10.5. The number of aliphatic hydroxyl groups is 1. The van der Waals surface area contributed by atoms with E-state index in [2.05, 4.69) is 43.5 Å². The van der Waals surface area contributed by atoms with Crippen molar-refractivity contribution in [3.63, 3.8) is 0 Å². The van der Waals surface area contributed by atoms with Gasteiger partial charge in [0.25, 0.3) is 0 Å². The number of halogens is 1. The van der Waals surface area contributed by atoms with Crippen molar-refractivity contribution < 1.29 is 13.3 Å². The quantitative estimate of drug-likeness (QED) is 0.622. The first-order valence-corrected chi connectivity index (χ1v) is 9.76. The number of fused-ring (bicyclic) bond motifs is 1. The van der Waals surface area contributed by atoms with Gasteiger partial charge in [-0.05, 0) is 65.6 Å². The van der Waals surface area contributed by atoms with Crippen LogP contribution >= 0.6 is 11.6 Å². The molecule has 4 heterocycles. The second-order valence-electron chi connectivity index (χ2n) is 7.53. The number of pyridine rings is 1. The van der Waals surface area contributed by atoms with Crippen LogP contribution in [0.15, 0.2) is 18.5 Å². The molecular formula is C22H26ClN5O. The molecule has 4 rings (SSSR count). The molecule has 0 radical (unpaired) electrons. The normalized spacial score (nSPS) is 20.1. The Morgan fingerprint density at radius 3 is 2.76 bits per heavy atom. The fourth-order valence-electron chi connectivity index (χ4n) is 3.92. The molecule has 2 N–H and O–H groups in total. The van der Waals surface area contributed by atoms with E-state index in [0.717, 1.165) is 42.4 Å². The molecule has 1 aliphatic rings. The van der Waals surface area contributed by atoms with Crippen LogP contribution in [0.2, 0.25) is 5.15 Å². The molecule has 0 amide bonds. The van der Waals surface area contributed by atoms with E-state index in [1.54, 1.807) is 12.3 Å². The van der Waals surface area contributed by atoms with Crippen molar-refractivity contribution in [2.45, 2.75) is 45.1 Å². The van der Waals surface area contributed by atoms with Gasteiger partial charge in [-0.2, -0.15) is 5.10 Å². The molecule has 6 nitrogen and oxygen atoms in total. The summed E-state index contributed by atoms with van der Waals surface area (Å²) in [5, 5.41) is 18.4. The van der Waals surface area contributed by atoms with Crippen LogP contribution in [0.5, 0.6) is 0 Å². The van der Waals surface area contributed by atoms with E-state index in [1.165, 1.54) is 0 Å². The molecule has 0 saturated carbocycles. The molecule has 0 aliphatic carbocycles. The molecule has 0 bridgehead atoms. The van der Waals surface area contributed by atoms with Crippen LogP contribution in [0, 0.1) is 18.8 Å². The molecule has 152 valence electrons. The maximum atomic E-state index is 10.5. The molecule has 29 heavy (non-hydrogen) atoms. The molecule has 1 aliphatic heterocycles. The molecule has 0 spiro atoms. The van der Waals surface area contributed by atoms with E-state index >= 15 is 0 Å². The fraction of sp³-hybridized carbons (Fsp3) is 0.455. The SMILES string of the molecule is [2H]C([2H])([2H])C(O)(C#Cc1cc2c(-c3cn[nH]c3Cl)cn(C3CCN(C)CC3)c2c(C)n1)C([2H])([2H])[2H]. The van der Waals surface area contributed by atoms with Gasteiger partial charge in [0.1, 0.15) is 16.4 Å². The lowest BCUT2D eigenvalue weighted by Crippen LogP contribution is -2.31. The molecule has 1 saturated heterocycles. The average Bonchev–Trinajstić information content (AvgIpc) is 3.34. The molecular weight excluding hydrogens is 386 g/mol. The van der Waals surface area contributed by atoms with E-state index in [1.807, 2.05) is 13.1 Å². The van der Waals surface area contributed by atoms with Crippen molar-refractivity contribution in [3.05, 3.63) is 35.0 Å². The van der Waals surface area contributed by atoms with Crippen LogP contribution in [0.1, 0.15) is 52.2 Å². The molecule has 0 atom stereocenters. The van der Waals surface area contributed by atoms with Crippen LogP contribution in [0.4, 0.5) is 0 Å². The lowest BCUT2D eigenvalue weighted by molar-refractivity contribution is 0.143. The predicted molar refractivity (Wildman–Crippen MR) is 116 cm³/mol. The Labute approximate surface area is 184 Å². The number of hydrogen-bond donors (Lipinski definition) is 2. The monoisotopic (exact) mass is 417 g/mol. The van der Waals surface area contributed by atoms with Crippen LogP contribution in [0.25, 0.3) is 22.0 Å². The fourth-order valence-corrected chi connectivity index (χ4v) is 4.12. The third-order valence-corrected chi connectivity index (χ3v) is 5.61.